The molecule has 9 heteroatoms. The highest BCUT2D eigenvalue weighted by molar-refractivity contribution is 6.39. The molecule has 1 N–H and O–H groups in total. The maximum atomic E-state index is 13.1. The summed E-state index contributed by atoms with van der Waals surface area (Å²) >= 11 is 19.8. The van der Waals surface area contributed by atoms with Gasteiger partial charge in [-0.3, -0.25) is 4.90 Å². The van der Waals surface area contributed by atoms with Crippen molar-refractivity contribution in [3.05, 3.63) is 39.1 Å². The van der Waals surface area contributed by atoms with Crippen LogP contribution in [0.2, 0.25) is 10.0 Å². The predicted molar refractivity (Wildman–Crippen MR) is 127 cm³/mol. The number of benzene rings is 1. The minimum Gasteiger partial charge on any atom is -0.444 e. The van der Waals surface area contributed by atoms with Gasteiger partial charge in [-0.25, -0.2) is 4.79 Å². The molecule has 0 spiro atoms. The molecule has 33 heavy (non-hydrogen) atoms. The number of rotatable bonds is 4. The van der Waals surface area contributed by atoms with E-state index in [0.717, 1.165) is 29.7 Å². The molecule has 2 bridgehead atoms. The van der Waals surface area contributed by atoms with Crippen molar-refractivity contribution >= 4 is 40.9 Å². The van der Waals surface area contributed by atoms with Gasteiger partial charge in [-0.2, -0.15) is 0 Å². The van der Waals surface area contributed by atoms with Gasteiger partial charge in [0.25, 0.3) is 0 Å². The predicted octanol–water partition coefficient (Wildman–Crippen LogP) is 6.48. The van der Waals surface area contributed by atoms with Crippen molar-refractivity contribution in [3.63, 3.8) is 0 Å². The van der Waals surface area contributed by atoms with E-state index in [1.807, 2.05) is 32.9 Å². The van der Waals surface area contributed by atoms with Crippen LogP contribution in [0.15, 0.2) is 16.7 Å². The standard InChI is InChI=1S/C24H27Cl3N2O4/c1-23(2,3)32-22(31)29-11-13-8-24(29,9-18(13)30)14-6-16(26)19(17(27)7-14)20-15(10-25)21(33-28-20)12-4-5-12/h6-7,12-13,18,30H,4-5,8-11H2,1-3H3/t13-,18+,24-/m1/s1. The summed E-state index contributed by atoms with van der Waals surface area (Å²) in [5, 5.41) is 15.7. The summed E-state index contributed by atoms with van der Waals surface area (Å²) in [6.45, 7) is 5.94. The van der Waals surface area contributed by atoms with E-state index in [2.05, 4.69) is 5.16 Å². The summed E-state index contributed by atoms with van der Waals surface area (Å²) in [6, 6.07) is 3.65. The number of aliphatic hydroxyl groups is 1. The molecule has 2 aromatic rings. The molecule has 1 aromatic carbocycles. The summed E-state index contributed by atoms with van der Waals surface area (Å²) in [5.74, 6) is 1.40. The number of alkyl halides is 1. The summed E-state index contributed by atoms with van der Waals surface area (Å²) in [4.78, 5) is 14.8. The van der Waals surface area contributed by atoms with Crippen LogP contribution < -0.4 is 0 Å². The first-order chi connectivity index (χ1) is 15.5. The average Bonchev–Trinajstić information content (AvgIpc) is 3.23. The van der Waals surface area contributed by atoms with Crippen LogP contribution in [0.4, 0.5) is 4.79 Å². The Hall–Kier alpha value is -1.47. The van der Waals surface area contributed by atoms with E-state index in [-0.39, 0.29) is 11.8 Å². The highest BCUT2D eigenvalue weighted by Gasteiger charge is 2.58. The Morgan fingerprint density at radius 3 is 2.48 bits per heavy atom. The van der Waals surface area contributed by atoms with Crippen molar-refractivity contribution in [1.29, 1.82) is 0 Å². The molecule has 1 aliphatic heterocycles. The zero-order chi connectivity index (χ0) is 23.7. The van der Waals surface area contributed by atoms with Crippen LogP contribution in [0.1, 0.15) is 69.3 Å². The number of carbonyl (C=O) groups excluding carboxylic acids is 1. The summed E-state index contributed by atoms with van der Waals surface area (Å²) in [5.41, 5.74) is 1.39. The lowest BCUT2D eigenvalue weighted by Crippen LogP contribution is -2.50. The van der Waals surface area contributed by atoms with Crippen LogP contribution in [0.5, 0.6) is 0 Å². The molecule has 1 saturated heterocycles. The number of aliphatic hydroxyl groups excluding tert-OH is 1. The molecule has 0 radical (unpaired) electrons. The van der Waals surface area contributed by atoms with Crippen LogP contribution in [-0.4, -0.2) is 39.5 Å². The van der Waals surface area contributed by atoms with Crippen molar-refractivity contribution in [2.24, 2.45) is 5.92 Å². The molecule has 2 heterocycles. The van der Waals surface area contributed by atoms with E-state index in [9.17, 15) is 9.90 Å². The van der Waals surface area contributed by atoms with Crippen molar-refractivity contribution in [1.82, 2.24) is 10.1 Å². The second-order valence-electron chi connectivity index (χ2n) is 10.5. The molecule has 1 amide bonds. The maximum Gasteiger partial charge on any atom is 0.411 e. The van der Waals surface area contributed by atoms with Gasteiger partial charge < -0.3 is 14.4 Å². The Bertz CT molecular complexity index is 1080. The third kappa shape index (κ3) is 3.93. The minimum atomic E-state index is -0.726. The van der Waals surface area contributed by atoms with Crippen LogP contribution in [0.25, 0.3) is 11.3 Å². The molecule has 0 unspecified atom stereocenters. The summed E-state index contributed by atoms with van der Waals surface area (Å²) in [6.07, 6.45) is 2.26. The number of fused-ring (bicyclic) bond motifs is 2. The number of nitrogens with zero attached hydrogens (tertiary/aromatic N) is 2. The number of aromatic nitrogens is 1. The van der Waals surface area contributed by atoms with Gasteiger partial charge in [0.1, 0.15) is 17.1 Å². The molecule has 2 saturated carbocycles. The number of hydrogen-bond donors (Lipinski definition) is 1. The number of likely N-dealkylation sites (tertiary alicyclic amines) is 1. The molecule has 178 valence electrons. The second-order valence-corrected chi connectivity index (χ2v) is 11.5. The molecular weight excluding hydrogens is 487 g/mol. The Labute approximate surface area is 208 Å². The van der Waals surface area contributed by atoms with Gasteiger partial charge in [0.05, 0.1) is 27.6 Å². The van der Waals surface area contributed by atoms with Gasteiger partial charge in [-0.15, -0.1) is 11.6 Å². The lowest BCUT2D eigenvalue weighted by atomic mass is 9.86. The Kier molecular flexibility index (Phi) is 5.67. The Morgan fingerprint density at radius 1 is 1.27 bits per heavy atom. The van der Waals surface area contributed by atoms with Gasteiger partial charge in [-0.1, -0.05) is 28.4 Å². The number of amides is 1. The normalized spacial score (nSPS) is 26.8. The van der Waals surface area contributed by atoms with Gasteiger partial charge in [0.15, 0.2) is 0 Å². The van der Waals surface area contributed by atoms with Gasteiger partial charge in [0, 0.05) is 35.9 Å². The van der Waals surface area contributed by atoms with Crippen LogP contribution in [0, 0.1) is 5.92 Å². The van der Waals surface area contributed by atoms with Crippen LogP contribution >= 0.6 is 34.8 Å². The fraction of sp³-hybridized carbons (Fsp3) is 0.583. The largest absolute Gasteiger partial charge is 0.444 e. The Morgan fingerprint density at radius 2 is 1.94 bits per heavy atom. The lowest BCUT2D eigenvalue weighted by Gasteiger charge is -2.41. The second kappa shape index (κ2) is 8.04. The first kappa shape index (κ1) is 23.3. The van der Waals surface area contributed by atoms with Crippen molar-refractivity contribution in [3.8, 4) is 11.3 Å². The molecule has 3 atom stereocenters. The maximum absolute atomic E-state index is 13.1. The first-order valence-corrected chi connectivity index (χ1v) is 12.6. The van der Waals surface area contributed by atoms with Crippen molar-refractivity contribution in [2.75, 3.05) is 6.54 Å². The summed E-state index contributed by atoms with van der Waals surface area (Å²) in [7, 11) is 0. The number of ether oxygens (including phenoxy) is 1. The average molecular weight is 514 g/mol. The highest BCUT2D eigenvalue weighted by atomic mass is 35.5. The number of halogens is 3. The van der Waals surface area contributed by atoms with E-state index in [1.165, 1.54) is 0 Å². The third-order valence-corrected chi connectivity index (χ3v) is 7.82. The molecule has 1 aromatic heterocycles. The quantitative estimate of drug-likeness (QED) is 0.473. The molecule has 5 rings (SSSR count). The van der Waals surface area contributed by atoms with E-state index >= 15 is 0 Å². The SMILES string of the molecule is CC(C)(C)OC(=O)N1C[C@H]2C[C@]1(c1cc(Cl)c(-c3noc(C4CC4)c3CCl)c(Cl)c1)C[C@@H]2O. The van der Waals surface area contributed by atoms with Crippen LogP contribution in [-0.2, 0) is 16.2 Å². The smallest absolute Gasteiger partial charge is 0.411 e. The number of piperidine rings is 1. The molecule has 2 aliphatic carbocycles. The first-order valence-electron chi connectivity index (χ1n) is 11.3. The van der Waals surface area contributed by atoms with E-state index in [4.69, 9.17) is 44.1 Å². The fourth-order valence-electron chi connectivity index (χ4n) is 5.32. The van der Waals surface area contributed by atoms with Gasteiger partial charge in [-0.05, 0) is 57.7 Å². The molecular formula is C24H27Cl3N2O4. The molecule has 6 nitrogen and oxygen atoms in total. The van der Waals surface area contributed by atoms with Crippen molar-refractivity contribution in [2.45, 2.75) is 75.5 Å². The Balaban J connectivity index is 1.55. The number of carbonyl (C=O) groups is 1. The lowest BCUT2D eigenvalue weighted by molar-refractivity contribution is -0.0138. The fourth-order valence-corrected chi connectivity index (χ4v) is 6.25. The zero-order valence-electron chi connectivity index (χ0n) is 18.8. The van der Waals surface area contributed by atoms with Crippen LogP contribution in [0.3, 0.4) is 0 Å². The topological polar surface area (TPSA) is 75.8 Å². The van der Waals surface area contributed by atoms with Crippen molar-refractivity contribution < 1.29 is 19.2 Å². The van der Waals surface area contributed by atoms with E-state index < -0.39 is 23.3 Å². The van der Waals surface area contributed by atoms with Gasteiger partial charge >= 0.3 is 6.09 Å². The summed E-state index contributed by atoms with van der Waals surface area (Å²) < 4.78 is 11.3. The number of hydrogen-bond acceptors (Lipinski definition) is 5. The minimum absolute atomic E-state index is 0.0192. The monoisotopic (exact) mass is 512 g/mol. The molecule has 3 aliphatic rings. The third-order valence-electron chi connectivity index (χ3n) is 6.96. The zero-order valence-corrected chi connectivity index (χ0v) is 21.1. The molecule has 3 fully saturated rings. The van der Waals surface area contributed by atoms with Gasteiger partial charge in [0.2, 0.25) is 0 Å². The highest BCUT2D eigenvalue weighted by Crippen LogP contribution is 2.55. The van der Waals surface area contributed by atoms with E-state index in [0.29, 0.717) is 46.6 Å². The van der Waals surface area contributed by atoms with E-state index in [1.54, 1.807) is 4.90 Å².